The van der Waals surface area contributed by atoms with Crippen molar-refractivity contribution < 1.29 is 9.59 Å². The van der Waals surface area contributed by atoms with Crippen molar-refractivity contribution in [2.75, 3.05) is 5.32 Å². The predicted molar refractivity (Wildman–Crippen MR) is 95.2 cm³/mol. The number of benzene rings is 2. The van der Waals surface area contributed by atoms with Gasteiger partial charge < -0.3 is 11.1 Å². The van der Waals surface area contributed by atoms with Crippen LogP contribution in [0.4, 0.5) is 5.69 Å². The first-order valence-electron chi connectivity index (χ1n) is 7.99. The molecule has 5 heteroatoms. The summed E-state index contributed by atoms with van der Waals surface area (Å²) in [5.74, 6) is -0.566. The molecule has 2 aromatic carbocycles. The highest BCUT2D eigenvalue weighted by atomic mass is 35.5. The number of hydrogen-bond donors (Lipinski definition) is 2. The minimum Gasteiger partial charge on any atom is -0.366 e. The van der Waals surface area contributed by atoms with Crippen LogP contribution >= 0.6 is 11.6 Å². The maximum atomic E-state index is 13.0. The lowest BCUT2D eigenvalue weighted by Crippen LogP contribution is -2.38. The van der Waals surface area contributed by atoms with E-state index in [0.717, 1.165) is 31.2 Å². The van der Waals surface area contributed by atoms with Gasteiger partial charge in [0.2, 0.25) is 11.8 Å². The summed E-state index contributed by atoms with van der Waals surface area (Å²) in [4.78, 5) is 24.4. The second-order valence-electron chi connectivity index (χ2n) is 6.20. The van der Waals surface area contributed by atoms with Gasteiger partial charge in [0.25, 0.3) is 0 Å². The standard InChI is InChI=1S/C19H19ClN2O2/c20-15-8-6-14(7-9-15)19(10-1-2-11-19)18(24)22-16-5-3-4-13(12-16)17(21)23/h3-9,12H,1-2,10-11H2,(H2,21,23)(H,22,24). The number of rotatable bonds is 4. The van der Waals surface area contributed by atoms with Gasteiger partial charge >= 0.3 is 0 Å². The second kappa shape index (κ2) is 6.65. The maximum Gasteiger partial charge on any atom is 0.248 e. The molecule has 1 fully saturated rings. The van der Waals surface area contributed by atoms with Gasteiger partial charge in [0.15, 0.2) is 0 Å². The monoisotopic (exact) mass is 342 g/mol. The molecule has 3 rings (SSSR count). The molecule has 124 valence electrons. The van der Waals surface area contributed by atoms with Crippen molar-refractivity contribution in [3.05, 3.63) is 64.7 Å². The van der Waals surface area contributed by atoms with E-state index in [1.807, 2.05) is 24.3 Å². The molecule has 3 N–H and O–H groups in total. The summed E-state index contributed by atoms with van der Waals surface area (Å²) in [6.45, 7) is 0. The summed E-state index contributed by atoms with van der Waals surface area (Å²) >= 11 is 5.98. The van der Waals surface area contributed by atoms with Crippen molar-refractivity contribution in [1.82, 2.24) is 0 Å². The van der Waals surface area contributed by atoms with Gasteiger partial charge in [-0.15, -0.1) is 0 Å². The Balaban J connectivity index is 1.89. The molecule has 1 aliphatic rings. The van der Waals surface area contributed by atoms with E-state index in [1.54, 1.807) is 24.3 Å². The van der Waals surface area contributed by atoms with E-state index < -0.39 is 11.3 Å². The lowest BCUT2D eigenvalue weighted by atomic mass is 9.78. The predicted octanol–water partition coefficient (Wildman–Crippen LogP) is 3.89. The van der Waals surface area contributed by atoms with Gasteiger partial charge in [-0.3, -0.25) is 9.59 Å². The van der Waals surface area contributed by atoms with Gasteiger partial charge in [0.05, 0.1) is 5.41 Å². The first-order chi connectivity index (χ1) is 11.5. The molecule has 24 heavy (non-hydrogen) atoms. The third-order valence-electron chi connectivity index (χ3n) is 4.69. The van der Waals surface area contributed by atoms with Crippen LogP contribution < -0.4 is 11.1 Å². The van der Waals surface area contributed by atoms with Crippen molar-refractivity contribution in [3.63, 3.8) is 0 Å². The molecule has 0 aliphatic heterocycles. The Labute approximate surface area is 146 Å². The maximum absolute atomic E-state index is 13.0. The fourth-order valence-corrected chi connectivity index (χ4v) is 3.52. The average molecular weight is 343 g/mol. The van der Waals surface area contributed by atoms with Gasteiger partial charge in [0.1, 0.15) is 0 Å². The molecule has 1 saturated carbocycles. The van der Waals surface area contributed by atoms with Crippen LogP contribution in [0.5, 0.6) is 0 Å². The summed E-state index contributed by atoms with van der Waals surface area (Å²) in [6, 6.07) is 14.2. The van der Waals surface area contributed by atoms with Gasteiger partial charge in [0, 0.05) is 16.3 Å². The quantitative estimate of drug-likeness (QED) is 0.884. The largest absolute Gasteiger partial charge is 0.366 e. The molecule has 2 amide bonds. The molecule has 0 bridgehead atoms. The molecule has 0 atom stereocenters. The van der Waals surface area contributed by atoms with Crippen LogP contribution in [-0.4, -0.2) is 11.8 Å². The Hall–Kier alpha value is -2.33. The molecule has 0 aromatic heterocycles. The lowest BCUT2D eigenvalue weighted by molar-refractivity contribution is -0.121. The van der Waals surface area contributed by atoms with Crippen molar-refractivity contribution >= 4 is 29.1 Å². The number of anilines is 1. The SMILES string of the molecule is NC(=O)c1cccc(NC(=O)C2(c3ccc(Cl)cc3)CCCC2)c1. The summed E-state index contributed by atoms with van der Waals surface area (Å²) < 4.78 is 0. The third kappa shape index (κ3) is 3.15. The van der Waals surface area contributed by atoms with E-state index in [4.69, 9.17) is 17.3 Å². The topological polar surface area (TPSA) is 72.2 Å². The van der Waals surface area contributed by atoms with Gasteiger partial charge in [-0.1, -0.05) is 42.6 Å². The summed E-state index contributed by atoms with van der Waals surface area (Å²) in [5.41, 5.74) is 6.69. The Bertz CT molecular complexity index is 765. The molecular weight excluding hydrogens is 324 g/mol. The highest BCUT2D eigenvalue weighted by molar-refractivity contribution is 6.30. The molecule has 0 saturated heterocycles. The molecule has 0 unspecified atom stereocenters. The van der Waals surface area contributed by atoms with Gasteiger partial charge in [-0.2, -0.15) is 0 Å². The Kier molecular flexibility index (Phi) is 4.58. The Morgan fingerprint density at radius 1 is 1.04 bits per heavy atom. The van der Waals surface area contributed by atoms with Crippen LogP contribution in [0.1, 0.15) is 41.6 Å². The van der Waals surface area contributed by atoms with Gasteiger partial charge in [-0.25, -0.2) is 0 Å². The van der Waals surface area contributed by atoms with Crippen LogP contribution in [-0.2, 0) is 10.2 Å². The first-order valence-corrected chi connectivity index (χ1v) is 8.36. The van der Waals surface area contributed by atoms with Crippen LogP contribution in [0, 0.1) is 0 Å². The number of carbonyl (C=O) groups is 2. The van der Waals surface area contributed by atoms with Gasteiger partial charge in [-0.05, 0) is 48.7 Å². The summed E-state index contributed by atoms with van der Waals surface area (Å²) in [5, 5.41) is 3.61. The fourth-order valence-electron chi connectivity index (χ4n) is 3.40. The van der Waals surface area contributed by atoms with Crippen LogP contribution in [0.15, 0.2) is 48.5 Å². The number of halogens is 1. The van der Waals surface area contributed by atoms with Crippen molar-refractivity contribution in [2.24, 2.45) is 5.73 Å². The van der Waals surface area contributed by atoms with Crippen molar-refractivity contribution in [2.45, 2.75) is 31.1 Å². The van der Waals surface area contributed by atoms with Crippen molar-refractivity contribution in [1.29, 1.82) is 0 Å². The normalized spacial score (nSPS) is 15.9. The zero-order chi connectivity index (χ0) is 17.2. The Morgan fingerprint density at radius 2 is 1.71 bits per heavy atom. The lowest BCUT2D eigenvalue weighted by Gasteiger charge is -2.28. The number of primary amides is 1. The Morgan fingerprint density at radius 3 is 2.33 bits per heavy atom. The highest BCUT2D eigenvalue weighted by Gasteiger charge is 2.42. The number of nitrogens with one attached hydrogen (secondary N) is 1. The van der Waals surface area contributed by atoms with E-state index >= 15 is 0 Å². The number of hydrogen-bond acceptors (Lipinski definition) is 2. The molecule has 2 aromatic rings. The smallest absolute Gasteiger partial charge is 0.248 e. The molecule has 4 nitrogen and oxygen atoms in total. The molecule has 1 aliphatic carbocycles. The second-order valence-corrected chi connectivity index (χ2v) is 6.63. The third-order valence-corrected chi connectivity index (χ3v) is 4.95. The van der Waals surface area contributed by atoms with Crippen LogP contribution in [0.2, 0.25) is 5.02 Å². The molecule has 0 heterocycles. The average Bonchev–Trinajstić information content (AvgIpc) is 3.07. The van der Waals surface area contributed by atoms with Crippen LogP contribution in [0.3, 0.4) is 0 Å². The van der Waals surface area contributed by atoms with E-state index in [2.05, 4.69) is 5.32 Å². The first kappa shape index (κ1) is 16.5. The minimum absolute atomic E-state index is 0.0519. The van der Waals surface area contributed by atoms with E-state index in [9.17, 15) is 9.59 Å². The molecular formula is C19H19ClN2O2. The van der Waals surface area contributed by atoms with Crippen molar-refractivity contribution in [3.8, 4) is 0 Å². The van der Waals surface area contributed by atoms with E-state index in [1.165, 1.54) is 0 Å². The van der Waals surface area contributed by atoms with Crippen LogP contribution in [0.25, 0.3) is 0 Å². The molecule has 0 radical (unpaired) electrons. The van der Waals surface area contributed by atoms with E-state index in [-0.39, 0.29) is 5.91 Å². The van der Waals surface area contributed by atoms with E-state index in [0.29, 0.717) is 16.3 Å². The number of carbonyl (C=O) groups excluding carboxylic acids is 2. The number of amides is 2. The minimum atomic E-state index is -0.548. The zero-order valence-corrected chi connectivity index (χ0v) is 14.0. The number of nitrogens with two attached hydrogens (primary N) is 1. The summed E-state index contributed by atoms with van der Waals surface area (Å²) in [6.07, 6.45) is 3.63. The zero-order valence-electron chi connectivity index (χ0n) is 13.2. The summed E-state index contributed by atoms with van der Waals surface area (Å²) in [7, 11) is 0. The molecule has 0 spiro atoms. The fraction of sp³-hybridized carbons (Fsp3) is 0.263. The highest BCUT2D eigenvalue weighted by Crippen LogP contribution is 2.42.